The van der Waals surface area contributed by atoms with Gasteiger partial charge in [0, 0.05) is 12.6 Å². The Labute approximate surface area is 129 Å². The predicted octanol–water partition coefficient (Wildman–Crippen LogP) is 5.17. The van der Waals surface area contributed by atoms with Crippen molar-refractivity contribution in [2.45, 2.75) is 12.8 Å². The van der Waals surface area contributed by atoms with Gasteiger partial charge < -0.3 is 10.1 Å². The van der Waals surface area contributed by atoms with Crippen LogP contribution in [0.2, 0.25) is 5.02 Å². The van der Waals surface area contributed by atoms with Gasteiger partial charge in [0.15, 0.2) is 0 Å². The SMILES string of the molecule is Clc1cc(Oc2ncc(Br)s2)ccc1NCC1CC1. The Morgan fingerprint density at radius 3 is 2.95 bits per heavy atom. The number of anilines is 1. The zero-order valence-electron chi connectivity index (χ0n) is 10.0. The molecule has 1 N–H and O–H groups in total. The summed E-state index contributed by atoms with van der Waals surface area (Å²) in [4.78, 5) is 4.12. The molecule has 0 saturated heterocycles. The Kier molecular flexibility index (Phi) is 3.96. The van der Waals surface area contributed by atoms with Crippen molar-refractivity contribution >= 4 is 44.6 Å². The number of hydrogen-bond donors (Lipinski definition) is 1. The molecule has 1 aliphatic carbocycles. The van der Waals surface area contributed by atoms with E-state index in [1.54, 1.807) is 6.20 Å². The first kappa shape index (κ1) is 13.2. The third-order valence-corrected chi connectivity index (χ3v) is 4.55. The van der Waals surface area contributed by atoms with Crippen molar-refractivity contribution in [2.24, 2.45) is 5.92 Å². The van der Waals surface area contributed by atoms with Gasteiger partial charge in [-0.15, -0.1) is 0 Å². The van der Waals surface area contributed by atoms with Crippen LogP contribution in [-0.2, 0) is 0 Å². The second kappa shape index (κ2) is 5.69. The molecule has 1 aliphatic rings. The molecule has 0 unspecified atom stereocenters. The van der Waals surface area contributed by atoms with Gasteiger partial charge in [0.2, 0.25) is 0 Å². The van der Waals surface area contributed by atoms with Crippen LogP contribution < -0.4 is 10.1 Å². The lowest BCUT2D eigenvalue weighted by molar-refractivity contribution is 0.479. The van der Waals surface area contributed by atoms with Crippen LogP contribution in [0.1, 0.15) is 12.8 Å². The molecule has 0 radical (unpaired) electrons. The summed E-state index contributed by atoms with van der Waals surface area (Å²) < 4.78 is 6.58. The largest absolute Gasteiger partial charge is 0.431 e. The molecule has 1 heterocycles. The van der Waals surface area contributed by atoms with Gasteiger partial charge in [-0.3, -0.25) is 0 Å². The third-order valence-electron chi connectivity index (χ3n) is 2.88. The monoisotopic (exact) mass is 358 g/mol. The van der Waals surface area contributed by atoms with Gasteiger partial charge in [-0.2, -0.15) is 0 Å². The van der Waals surface area contributed by atoms with Crippen molar-refractivity contribution in [1.82, 2.24) is 4.98 Å². The fourth-order valence-electron chi connectivity index (χ4n) is 1.67. The lowest BCUT2D eigenvalue weighted by Crippen LogP contribution is -2.03. The van der Waals surface area contributed by atoms with Crippen molar-refractivity contribution in [3.63, 3.8) is 0 Å². The molecule has 1 saturated carbocycles. The van der Waals surface area contributed by atoms with Gasteiger partial charge in [-0.05, 0) is 46.8 Å². The Balaban J connectivity index is 1.67. The first-order valence-electron chi connectivity index (χ1n) is 6.03. The zero-order valence-corrected chi connectivity index (χ0v) is 13.2. The lowest BCUT2D eigenvalue weighted by atomic mass is 10.3. The van der Waals surface area contributed by atoms with Crippen molar-refractivity contribution in [3.8, 4) is 10.9 Å². The maximum absolute atomic E-state index is 6.24. The summed E-state index contributed by atoms with van der Waals surface area (Å²) in [5.41, 5.74) is 0.959. The van der Waals surface area contributed by atoms with Crippen LogP contribution >= 0.6 is 38.9 Å². The van der Waals surface area contributed by atoms with E-state index >= 15 is 0 Å². The molecular weight excluding hydrogens is 348 g/mol. The van der Waals surface area contributed by atoms with Crippen LogP contribution in [0.4, 0.5) is 5.69 Å². The molecule has 1 fully saturated rings. The highest BCUT2D eigenvalue weighted by Gasteiger charge is 2.20. The van der Waals surface area contributed by atoms with E-state index in [-0.39, 0.29) is 0 Å². The molecule has 100 valence electrons. The van der Waals surface area contributed by atoms with E-state index in [9.17, 15) is 0 Å². The molecule has 0 bridgehead atoms. The van der Waals surface area contributed by atoms with E-state index in [1.807, 2.05) is 18.2 Å². The highest BCUT2D eigenvalue weighted by Crippen LogP contribution is 2.34. The van der Waals surface area contributed by atoms with Crippen LogP contribution in [0.15, 0.2) is 28.2 Å². The van der Waals surface area contributed by atoms with E-state index in [4.69, 9.17) is 16.3 Å². The van der Waals surface area contributed by atoms with Gasteiger partial charge in [0.05, 0.1) is 20.7 Å². The van der Waals surface area contributed by atoms with E-state index < -0.39 is 0 Å². The summed E-state index contributed by atoms with van der Waals surface area (Å²) in [6, 6.07) is 5.66. The van der Waals surface area contributed by atoms with Gasteiger partial charge >= 0.3 is 0 Å². The van der Waals surface area contributed by atoms with Crippen LogP contribution in [-0.4, -0.2) is 11.5 Å². The highest BCUT2D eigenvalue weighted by atomic mass is 79.9. The van der Waals surface area contributed by atoms with E-state index in [0.717, 1.165) is 21.9 Å². The van der Waals surface area contributed by atoms with Crippen LogP contribution in [0.3, 0.4) is 0 Å². The Morgan fingerprint density at radius 1 is 1.47 bits per heavy atom. The minimum atomic E-state index is 0.599. The molecule has 1 aromatic heterocycles. The Hall–Kier alpha value is -0.780. The summed E-state index contributed by atoms with van der Waals surface area (Å²) in [5, 5.41) is 4.64. The lowest BCUT2D eigenvalue weighted by Gasteiger charge is -2.09. The molecule has 0 aliphatic heterocycles. The second-order valence-corrected chi connectivity index (χ2v) is 7.28. The molecule has 0 amide bonds. The summed E-state index contributed by atoms with van der Waals surface area (Å²) in [7, 11) is 0. The minimum absolute atomic E-state index is 0.599. The summed E-state index contributed by atoms with van der Waals surface area (Å²) in [6.45, 7) is 0.999. The Bertz CT molecular complexity index is 586. The zero-order chi connectivity index (χ0) is 13.2. The normalized spacial score (nSPS) is 14.4. The van der Waals surface area contributed by atoms with Crippen molar-refractivity contribution in [3.05, 3.63) is 33.2 Å². The minimum Gasteiger partial charge on any atom is -0.431 e. The van der Waals surface area contributed by atoms with Gasteiger partial charge in [-0.1, -0.05) is 22.9 Å². The van der Waals surface area contributed by atoms with Crippen LogP contribution in [0.5, 0.6) is 10.9 Å². The molecule has 6 heteroatoms. The molecule has 1 aromatic carbocycles. The molecule has 0 spiro atoms. The van der Waals surface area contributed by atoms with Crippen LogP contribution in [0.25, 0.3) is 0 Å². The number of rotatable bonds is 5. The predicted molar refractivity (Wildman–Crippen MR) is 82.6 cm³/mol. The second-order valence-electron chi connectivity index (χ2n) is 4.50. The average Bonchev–Trinajstić information content (AvgIpc) is 3.12. The quantitative estimate of drug-likeness (QED) is 0.799. The number of nitrogens with one attached hydrogen (secondary N) is 1. The number of nitrogens with zero attached hydrogens (tertiary/aromatic N) is 1. The van der Waals surface area contributed by atoms with E-state index in [1.165, 1.54) is 24.2 Å². The van der Waals surface area contributed by atoms with Crippen molar-refractivity contribution in [1.29, 1.82) is 0 Å². The number of aromatic nitrogens is 1. The van der Waals surface area contributed by atoms with Gasteiger partial charge in [0.1, 0.15) is 5.75 Å². The van der Waals surface area contributed by atoms with Crippen molar-refractivity contribution in [2.75, 3.05) is 11.9 Å². The van der Waals surface area contributed by atoms with Gasteiger partial charge in [0.25, 0.3) is 5.19 Å². The molecule has 3 rings (SSSR count). The number of thiazole rings is 1. The van der Waals surface area contributed by atoms with Crippen LogP contribution in [0, 0.1) is 5.92 Å². The highest BCUT2D eigenvalue weighted by molar-refractivity contribution is 9.11. The van der Waals surface area contributed by atoms with E-state index in [0.29, 0.717) is 16.0 Å². The molecule has 2 aromatic rings. The average molecular weight is 360 g/mol. The standard InChI is InChI=1S/C13H12BrClN2OS/c14-12-7-17-13(19-12)18-9-3-4-11(10(15)5-9)16-6-8-1-2-8/h3-5,7-8,16H,1-2,6H2. The maximum atomic E-state index is 6.24. The number of ether oxygens (including phenoxy) is 1. The van der Waals surface area contributed by atoms with Crippen molar-refractivity contribution < 1.29 is 4.74 Å². The molecule has 0 atom stereocenters. The third kappa shape index (κ3) is 3.61. The molecular formula is C13H12BrClN2OS. The number of benzene rings is 1. The fourth-order valence-corrected chi connectivity index (χ4v) is 2.94. The first-order chi connectivity index (χ1) is 9.20. The smallest absolute Gasteiger partial charge is 0.279 e. The fraction of sp³-hybridized carbons (Fsp3) is 0.308. The summed E-state index contributed by atoms with van der Waals surface area (Å²) in [6.07, 6.45) is 4.36. The first-order valence-corrected chi connectivity index (χ1v) is 8.02. The summed E-state index contributed by atoms with van der Waals surface area (Å²) in [5.74, 6) is 1.52. The molecule has 3 nitrogen and oxygen atoms in total. The Morgan fingerprint density at radius 2 is 2.32 bits per heavy atom. The topological polar surface area (TPSA) is 34.1 Å². The number of hydrogen-bond acceptors (Lipinski definition) is 4. The maximum Gasteiger partial charge on any atom is 0.279 e. The van der Waals surface area contributed by atoms with E-state index in [2.05, 4.69) is 26.2 Å². The number of halogens is 2. The molecule has 19 heavy (non-hydrogen) atoms. The van der Waals surface area contributed by atoms with Gasteiger partial charge in [-0.25, -0.2) is 4.98 Å². The summed E-state index contributed by atoms with van der Waals surface area (Å²) >= 11 is 11.0.